The van der Waals surface area contributed by atoms with Crippen molar-refractivity contribution in [3.63, 3.8) is 0 Å². The molecule has 0 spiro atoms. The smallest absolute Gasteiger partial charge is 0.231 e. The van der Waals surface area contributed by atoms with Gasteiger partial charge in [0.15, 0.2) is 11.5 Å². The molecule has 7 nitrogen and oxygen atoms in total. The highest BCUT2D eigenvalue weighted by molar-refractivity contribution is 5.46. The lowest BCUT2D eigenvalue weighted by atomic mass is 10.2. The zero-order valence-electron chi connectivity index (χ0n) is 12.3. The highest BCUT2D eigenvalue weighted by atomic mass is 16.7. The number of aryl methyl sites for hydroxylation is 1. The van der Waals surface area contributed by atoms with Gasteiger partial charge in [-0.15, -0.1) is 0 Å². The molecule has 1 aliphatic rings. The molecular formula is C15H18N4O3. The minimum Gasteiger partial charge on any atom is -0.454 e. The predicted molar refractivity (Wildman–Crippen MR) is 82.2 cm³/mol. The van der Waals surface area contributed by atoms with Crippen LogP contribution < -0.4 is 20.1 Å². The molecule has 116 valence electrons. The summed E-state index contributed by atoms with van der Waals surface area (Å²) < 4.78 is 10.6. The van der Waals surface area contributed by atoms with E-state index in [0.29, 0.717) is 24.9 Å². The molecule has 0 bridgehead atoms. The molecule has 0 amide bonds. The summed E-state index contributed by atoms with van der Waals surface area (Å²) >= 11 is 0. The number of hydrogen-bond acceptors (Lipinski definition) is 7. The van der Waals surface area contributed by atoms with E-state index in [-0.39, 0.29) is 13.4 Å². The van der Waals surface area contributed by atoms with Gasteiger partial charge in [-0.05, 0) is 24.6 Å². The van der Waals surface area contributed by atoms with Crippen LogP contribution in [-0.2, 0) is 6.54 Å². The van der Waals surface area contributed by atoms with E-state index in [4.69, 9.17) is 14.6 Å². The van der Waals surface area contributed by atoms with Gasteiger partial charge in [-0.25, -0.2) is 4.98 Å². The molecule has 3 rings (SSSR count). The Balaban J connectivity index is 1.66. The molecule has 0 saturated carbocycles. The molecule has 0 atom stereocenters. The van der Waals surface area contributed by atoms with Gasteiger partial charge in [-0.3, -0.25) is 0 Å². The average molecular weight is 302 g/mol. The zero-order valence-corrected chi connectivity index (χ0v) is 12.3. The second-order valence-electron chi connectivity index (χ2n) is 4.91. The maximum atomic E-state index is 8.85. The lowest BCUT2D eigenvalue weighted by Gasteiger charge is -2.09. The van der Waals surface area contributed by atoms with Gasteiger partial charge in [-0.1, -0.05) is 6.07 Å². The quantitative estimate of drug-likeness (QED) is 0.745. The predicted octanol–water partition coefficient (Wildman–Crippen LogP) is 1.53. The normalized spacial score (nSPS) is 12.3. The minimum atomic E-state index is 0.0585. The molecule has 0 fully saturated rings. The molecule has 2 aromatic rings. The van der Waals surface area contributed by atoms with Gasteiger partial charge in [0.05, 0.1) is 6.61 Å². The van der Waals surface area contributed by atoms with Crippen LogP contribution in [0.25, 0.3) is 0 Å². The zero-order chi connectivity index (χ0) is 15.4. The Kier molecular flexibility index (Phi) is 4.24. The van der Waals surface area contributed by atoms with Crippen LogP contribution >= 0.6 is 0 Å². The van der Waals surface area contributed by atoms with Crippen LogP contribution in [0, 0.1) is 6.92 Å². The fourth-order valence-corrected chi connectivity index (χ4v) is 2.15. The molecule has 1 aromatic heterocycles. The number of fused-ring (bicyclic) bond motifs is 1. The van der Waals surface area contributed by atoms with Crippen LogP contribution in [0.4, 0.5) is 11.8 Å². The maximum Gasteiger partial charge on any atom is 0.231 e. The molecule has 1 aliphatic heterocycles. The van der Waals surface area contributed by atoms with E-state index in [0.717, 1.165) is 22.8 Å². The third-order valence-corrected chi connectivity index (χ3v) is 3.16. The number of aliphatic hydroxyl groups is 1. The van der Waals surface area contributed by atoms with Crippen LogP contribution in [0.1, 0.15) is 11.3 Å². The number of benzene rings is 1. The first kappa shape index (κ1) is 14.4. The van der Waals surface area contributed by atoms with Crippen molar-refractivity contribution < 1.29 is 14.6 Å². The van der Waals surface area contributed by atoms with Gasteiger partial charge in [0.1, 0.15) is 5.82 Å². The summed E-state index contributed by atoms with van der Waals surface area (Å²) in [6, 6.07) is 7.64. The largest absolute Gasteiger partial charge is 0.454 e. The first-order valence-electron chi connectivity index (χ1n) is 7.07. The average Bonchev–Trinajstić information content (AvgIpc) is 2.98. The van der Waals surface area contributed by atoms with Gasteiger partial charge < -0.3 is 25.2 Å². The lowest BCUT2D eigenvalue weighted by Crippen LogP contribution is -2.10. The first-order chi connectivity index (χ1) is 10.7. The van der Waals surface area contributed by atoms with Crippen LogP contribution in [0.2, 0.25) is 0 Å². The summed E-state index contributed by atoms with van der Waals surface area (Å²) in [4.78, 5) is 8.71. The van der Waals surface area contributed by atoms with E-state index >= 15 is 0 Å². The molecule has 0 aliphatic carbocycles. The summed E-state index contributed by atoms with van der Waals surface area (Å²) in [5.74, 6) is 2.76. The van der Waals surface area contributed by atoms with Crippen molar-refractivity contribution >= 4 is 11.8 Å². The van der Waals surface area contributed by atoms with Crippen molar-refractivity contribution in [3.05, 3.63) is 35.5 Å². The third-order valence-electron chi connectivity index (χ3n) is 3.16. The summed E-state index contributed by atoms with van der Waals surface area (Å²) in [7, 11) is 0. The molecule has 0 radical (unpaired) electrons. The van der Waals surface area contributed by atoms with Gasteiger partial charge in [0.25, 0.3) is 0 Å². The minimum absolute atomic E-state index is 0.0585. The molecule has 1 aromatic carbocycles. The molecular weight excluding hydrogens is 284 g/mol. The lowest BCUT2D eigenvalue weighted by molar-refractivity contribution is 0.174. The molecule has 3 N–H and O–H groups in total. The van der Waals surface area contributed by atoms with Crippen molar-refractivity contribution in [1.29, 1.82) is 0 Å². The highest BCUT2D eigenvalue weighted by Gasteiger charge is 2.13. The van der Waals surface area contributed by atoms with Gasteiger partial charge in [0, 0.05) is 24.8 Å². The van der Waals surface area contributed by atoms with Crippen molar-refractivity contribution in [3.8, 4) is 11.5 Å². The Hall–Kier alpha value is -2.54. The fraction of sp³-hybridized carbons (Fsp3) is 0.333. The molecule has 22 heavy (non-hydrogen) atoms. The third kappa shape index (κ3) is 3.37. The van der Waals surface area contributed by atoms with Gasteiger partial charge in [0.2, 0.25) is 12.7 Å². The van der Waals surface area contributed by atoms with Crippen molar-refractivity contribution in [2.45, 2.75) is 13.5 Å². The second kappa shape index (κ2) is 6.48. The van der Waals surface area contributed by atoms with E-state index in [9.17, 15) is 0 Å². The van der Waals surface area contributed by atoms with Crippen LogP contribution in [0.15, 0.2) is 24.3 Å². The van der Waals surface area contributed by atoms with Crippen LogP contribution in [0.5, 0.6) is 11.5 Å². The van der Waals surface area contributed by atoms with E-state index in [1.54, 1.807) is 0 Å². The van der Waals surface area contributed by atoms with Crippen molar-refractivity contribution in [2.75, 3.05) is 30.6 Å². The molecule has 7 heteroatoms. The molecule has 0 saturated heterocycles. The number of nitrogens with one attached hydrogen (secondary N) is 2. The van der Waals surface area contributed by atoms with Gasteiger partial charge in [-0.2, -0.15) is 4.98 Å². The Morgan fingerprint density at radius 3 is 2.86 bits per heavy atom. The van der Waals surface area contributed by atoms with Crippen LogP contribution in [0.3, 0.4) is 0 Å². The Bertz CT molecular complexity index is 663. The Morgan fingerprint density at radius 2 is 2.00 bits per heavy atom. The number of rotatable bonds is 6. The van der Waals surface area contributed by atoms with Crippen molar-refractivity contribution in [1.82, 2.24) is 9.97 Å². The first-order valence-corrected chi connectivity index (χ1v) is 7.07. The summed E-state index contributed by atoms with van der Waals surface area (Å²) in [5.41, 5.74) is 1.91. The molecule has 0 unspecified atom stereocenters. The topological polar surface area (TPSA) is 88.5 Å². The standard InChI is InChI=1S/C15H18N4O3/c1-10-6-14(16-4-5-20)19-15(18-10)17-8-11-2-3-12-13(7-11)22-9-21-12/h2-3,6-7,20H,4-5,8-9H2,1H3,(H2,16,17,18,19). The number of aliphatic hydroxyl groups excluding tert-OH is 1. The summed E-state index contributed by atoms with van der Waals surface area (Å²) in [5, 5.41) is 15.1. The maximum absolute atomic E-state index is 8.85. The number of aromatic nitrogens is 2. The Morgan fingerprint density at radius 1 is 1.14 bits per heavy atom. The van der Waals surface area contributed by atoms with E-state index in [2.05, 4.69) is 20.6 Å². The monoisotopic (exact) mass is 302 g/mol. The fourth-order valence-electron chi connectivity index (χ4n) is 2.15. The summed E-state index contributed by atoms with van der Waals surface area (Å²) in [6.45, 7) is 3.27. The number of ether oxygens (including phenoxy) is 2. The molecule has 2 heterocycles. The summed E-state index contributed by atoms with van der Waals surface area (Å²) in [6.07, 6.45) is 0. The number of hydrogen-bond donors (Lipinski definition) is 3. The second-order valence-corrected chi connectivity index (χ2v) is 4.91. The Labute approximate surface area is 128 Å². The van der Waals surface area contributed by atoms with E-state index < -0.39 is 0 Å². The highest BCUT2D eigenvalue weighted by Crippen LogP contribution is 2.32. The number of anilines is 2. The van der Waals surface area contributed by atoms with E-state index in [1.807, 2.05) is 31.2 Å². The van der Waals surface area contributed by atoms with Gasteiger partial charge >= 0.3 is 0 Å². The number of nitrogens with zero attached hydrogens (tertiary/aromatic N) is 2. The van der Waals surface area contributed by atoms with E-state index in [1.165, 1.54) is 0 Å². The van der Waals surface area contributed by atoms with Crippen LogP contribution in [-0.4, -0.2) is 35.0 Å². The van der Waals surface area contributed by atoms with Crippen molar-refractivity contribution in [2.24, 2.45) is 0 Å². The SMILES string of the molecule is Cc1cc(NCCO)nc(NCc2ccc3c(c2)OCO3)n1.